The number of hydrogen-bond donors (Lipinski definition) is 0. The molecular formula is C22H28N6O3. The summed E-state index contributed by atoms with van der Waals surface area (Å²) in [7, 11) is 3.26. The monoisotopic (exact) mass is 424 g/mol. The summed E-state index contributed by atoms with van der Waals surface area (Å²) < 4.78 is 3.91. The molecule has 0 unspecified atom stereocenters. The van der Waals surface area contributed by atoms with Crippen LogP contribution in [-0.4, -0.2) is 60.6 Å². The Kier molecular flexibility index (Phi) is 5.77. The van der Waals surface area contributed by atoms with E-state index in [0.717, 1.165) is 30.6 Å². The van der Waals surface area contributed by atoms with Crippen LogP contribution in [0.15, 0.2) is 40.2 Å². The molecule has 1 saturated heterocycles. The minimum Gasteiger partial charge on any atom is -0.340 e. The molecule has 3 aromatic rings. The second-order valence-corrected chi connectivity index (χ2v) is 8.20. The van der Waals surface area contributed by atoms with Crippen LogP contribution in [0.3, 0.4) is 0 Å². The standard InChI is InChI=1S/C22H28N6O3/c1-16-7-4-5-8-17(16)13-26-9-6-10-27(12-11-26)18(29)14-28-21(30)19-20(23-15-24(19)2)25(3)22(28)31/h4-5,7-8,15H,6,9-14H2,1-3H3. The van der Waals surface area contributed by atoms with E-state index in [1.165, 1.54) is 22.0 Å². The van der Waals surface area contributed by atoms with Crippen LogP contribution in [0.5, 0.6) is 0 Å². The topological polar surface area (TPSA) is 85.4 Å². The van der Waals surface area contributed by atoms with E-state index >= 15 is 0 Å². The second kappa shape index (κ2) is 8.50. The average molecular weight is 425 g/mol. The minimum atomic E-state index is -0.527. The van der Waals surface area contributed by atoms with Crippen molar-refractivity contribution in [2.24, 2.45) is 14.1 Å². The van der Waals surface area contributed by atoms with Crippen LogP contribution in [0.2, 0.25) is 0 Å². The van der Waals surface area contributed by atoms with Gasteiger partial charge in [-0.1, -0.05) is 24.3 Å². The van der Waals surface area contributed by atoms with Gasteiger partial charge in [-0.3, -0.25) is 19.1 Å². The van der Waals surface area contributed by atoms with Gasteiger partial charge in [0.2, 0.25) is 5.91 Å². The summed E-state index contributed by atoms with van der Waals surface area (Å²) in [5.74, 6) is -0.210. The molecule has 3 heterocycles. The lowest BCUT2D eigenvalue weighted by molar-refractivity contribution is -0.131. The van der Waals surface area contributed by atoms with Crippen LogP contribution in [0, 0.1) is 6.92 Å². The first-order valence-corrected chi connectivity index (χ1v) is 10.5. The van der Waals surface area contributed by atoms with E-state index in [4.69, 9.17) is 0 Å². The highest BCUT2D eigenvalue weighted by Gasteiger charge is 2.22. The van der Waals surface area contributed by atoms with Gasteiger partial charge in [0.1, 0.15) is 6.54 Å². The van der Waals surface area contributed by atoms with Gasteiger partial charge in [-0.15, -0.1) is 0 Å². The van der Waals surface area contributed by atoms with E-state index in [9.17, 15) is 14.4 Å². The number of nitrogens with zero attached hydrogens (tertiary/aromatic N) is 6. The summed E-state index contributed by atoms with van der Waals surface area (Å²) in [5.41, 5.74) is 2.18. The fourth-order valence-corrected chi connectivity index (χ4v) is 4.18. The van der Waals surface area contributed by atoms with E-state index in [1.807, 2.05) is 12.1 Å². The summed E-state index contributed by atoms with van der Waals surface area (Å²) in [6, 6.07) is 8.34. The smallest absolute Gasteiger partial charge is 0.332 e. The van der Waals surface area contributed by atoms with Gasteiger partial charge in [0.15, 0.2) is 11.2 Å². The Bertz CT molecular complexity index is 1240. The highest BCUT2D eigenvalue weighted by Crippen LogP contribution is 2.13. The lowest BCUT2D eigenvalue weighted by Crippen LogP contribution is -2.45. The zero-order valence-corrected chi connectivity index (χ0v) is 18.2. The number of fused-ring (bicyclic) bond motifs is 1. The van der Waals surface area contributed by atoms with Gasteiger partial charge in [-0.25, -0.2) is 14.3 Å². The van der Waals surface area contributed by atoms with E-state index < -0.39 is 11.2 Å². The van der Waals surface area contributed by atoms with Crippen molar-refractivity contribution in [3.63, 3.8) is 0 Å². The number of carbonyl (C=O) groups excluding carboxylic acids is 1. The fourth-order valence-electron chi connectivity index (χ4n) is 4.18. The molecule has 1 aliphatic rings. The molecule has 1 fully saturated rings. The first-order valence-electron chi connectivity index (χ1n) is 10.5. The molecule has 1 amide bonds. The van der Waals surface area contributed by atoms with Crippen LogP contribution in [0.25, 0.3) is 11.2 Å². The molecule has 9 nitrogen and oxygen atoms in total. The second-order valence-electron chi connectivity index (χ2n) is 8.20. The Morgan fingerprint density at radius 1 is 1.06 bits per heavy atom. The molecule has 2 aromatic heterocycles. The molecule has 4 rings (SSSR count). The molecule has 31 heavy (non-hydrogen) atoms. The first kappa shape index (κ1) is 21.0. The predicted octanol–water partition coefficient (Wildman–Crippen LogP) is 0.477. The third-order valence-corrected chi connectivity index (χ3v) is 6.09. The SMILES string of the molecule is Cc1ccccc1CN1CCCN(C(=O)Cn2c(=O)c3c(ncn3C)n(C)c2=O)CC1. The van der Waals surface area contributed by atoms with Gasteiger partial charge in [0.25, 0.3) is 5.56 Å². The lowest BCUT2D eigenvalue weighted by atomic mass is 10.1. The van der Waals surface area contributed by atoms with Gasteiger partial charge < -0.3 is 9.47 Å². The quantitative estimate of drug-likeness (QED) is 0.608. The van der Waals surface area contributed by atoms with E-state index in [1.54, 1.807) is 23.6 Å². The Balaban J connectivity index is 1.49. The maximum atomic E-state index is 13.0. The van der Waals surface area contributed by atoms with Gasteiger partial charge in [-0.05, 0) is 24.5 Å². The molecule has 0 radical (unpaired) electrons. The van der Waals surface area contributed by atoms with Crippen LogP contribution >= 0.6 is 0 Å². The Morgan fingerprint density at radius 3 is 2.61 bits per heavy atom. The molecule has 0 atom stereocenters. The van der Waals surface area contributed by atoms with Crippen LogP contribution in [-0.2, 0) is 32.0 Å². The van der Waals surface area contributed by atoms with Crippen molar-refractivity contribution in [3.8, 4) is 0 Å². The molecule has 0 spiro atoms. The number of aromatic nitrogens is 4. The Morgan fingerprint density at radius 2 is 1.84 bits per heavy atom. The maximum absolute atomic E-state index is 13.0. The van der Waals surface area contributed by atoms with Crippen molar-refractivity contribution >= 4 is 17.1 Å². The number of benzene rings is 1. The molecule has 1 aromatic carbocycles. The molecular weight excluding hydrogens is 396 g/mol. The maximum Gasteiger partial charge on any atom is 0.332 e. The van der Waals surface area contributed by atoms with Gasteiger partial charge in [-0.2, -0.15) is 0 Å². The van der Waals surface area contributed by atoms with Gasteiger partial charge in [0.05, 0.1) is 6.33 Å². The molecule has 164 valence electrons. The van der Waals surface area contributed by atoms with Gasteiger partial charge >= 0.3 is 5.69 Å². The van der Waals surface area contributed by atoms with Crippen molar-refractivity contribution in [1.29, 1.82) is 0 Å². The summed E-state index contributed by atoms with van der Waals surface area (Å²) in [4.78, 5) is 46.8. The number of carbonyl (C=O) groups is 1. The highest BCUT2D eigenvalue weighted by molar-refractivity contribution is 5.77. The van der Waals surface area contributed by atoms with E-state index in [-0.39, 0.29) is 12.5 Å². The van der Waals surface area contributed by atoms with Crippen molar-refractivity contribution in [2.75, 3.05) is 26.2 Å². The third kappa shape index (κ3) is 4.05. The zero-order chi connectivity index (χ0) is 22.1. The largest absolute Gasteiger partial charge is 0.340 e. The predicted molar refractivity (Wildman–Crippen MR) is 118 cm³/mol. The Hall–Kier alpha value is -3.20. The summed E-state index contributed by atoms with van der Waals surface area (Å²) in [5, 5.41) is 0. The normalized spacial score (nSPS) is 15.4. The van der Waals surface area contributed by atoms with Crippen molar-refractivity contribution in [3.05, 3.63) is 62.6 Å². The summed E-state index contributed by atoms with van der Waals surface area (Å²) in [6.07, 6.45) is 2.35. The number of hydrogen-bond acceptors (Lipinski definition) is 5. The fraction of sp³-hybridized carbons (Fsp3) is 0.455. The van der Waals surface area contributed by atoms with Crippen molar-refractivity contribution < 1.29 is 4.79 Å². The molecule has 1 aliphatic heterocycles. The van der Waals surface area contributed by atoms with Gasteiger partial charge in [0, 0.05) is 46.8 Å². The minimum absolute atomic E-state index is 0.210. The molecule has 0 aliphatic carbocycles. The number of rotatable bonds is 4. The third-order valence-electron chi connectivity index (χ3n) is 6.09. The molecule has 0 saturated carbocycles. The van der Waals surface area contributed by atoms with Crippen molar-refractivity contribution in [2.45, 2.75) is 26.4 Å². The van der Waals surface area contributed by atoms with Crippen LogP contribution in [0.1, 0.15) is 17.5 Å². The average Bonchev–Trinajstić information content (AvgIpc) is 2.99. The molecule has 0 N–H and O–H groups in total. The van der Waals surface area contributed by atoms with Crippen LogP contribution < -0.4 is 11.2 Å². The number of amides is 1. The highest BCUT2D eigenvalue weighted by atomic mass is 16.2. The summed E-state index contributed by atoms with van der Waals surface area (Å²) in [6.45, 7) is 5.56. The van der Waals surface area contributed by atoms with Crippen molar-refractivity contribution in [1.82, 2.24) is 28.5 Å². The lowest BCUT2D eigenvalue weighted by Gasteiger charge is -2.23. The Labute approximate surface area is 180 Å². The number of imidazole rings is 1. The zero-order valence-electron chi connectivity index (χ0n) is 18.2. The van der Waals surface area contributed by atoms with Crippen LogP contribution in [0.4, 0.5) is 0 Å². The molecule has 9 heteroatoms. The summed E-state index contributed by atoms with van der Waals surface area (Å²) >= 11 is 0. The number of aryl methyl sites for hydroxylation is 3. The van der Waals surface area contributed by atoms with E-state index in [0.29, 0.717) is 24.3 Å². The molecule has 0 bridgehead atoms. The first-order chi connectivity index (χ1) is 14.9. The van der Waals surface area contributed by atoms with E-state index in [2.05, 4.69) is 28.9 Å².